The summed E-state index contributed by atoms with van der Waals surface area (Å²) < 4.78 is 43.8. The van der Waals surface area contributed by atoms with E-state index in [0.29, 0.717) is 18.9 Å². The summed E-state index contributed by atoms with van der Waals surface area (Å²) >= 11 is 0. The second-order valence-electron chi connectivity index (χ2n) is 7.67. The molecule has 3 aliphatic rings. The van der Waals surface area contributed by atoms with Crippen molar-refractivity contribution in [1.82, 2.24) is 14.9 Å². The second kappa shape index (κ2) is 6.82. The number of allylic oxidation sites excluding steroid dienone is 4. The maximum absolute atomic E-state index is 12.8. The molecule has 2 heterocycles. The molecule has 2 aliphatic carbocycles. The first-order valence-corrected chi connectivity index (χ1v) is 9.23. The molecule has 146 valence electrons. The lowest BCUT2D eigenvalue weighted by Gasteiger charge is -2.27. The van der Waals surface area contributed by atoms with Gasteiger partial charge < -0.3 is 9.64 Å². The molecule has 1 unspecified atom stereocenters. The van der Waals surface area contributed by atoms with E-state index >= 15 is 0 Å². The number of nitrogens with one attached hydrogen (secondary N) is 1. The molecule has 1 aromatic rings. The average Bonchev–Trinajstić information content (AvgIpc) is 3.20. The van der Waals surface area contributed by atoms with Gasteiger partial charge in [-0.25, -0.2) is 4.98 Å². The summed E-state index contributed by atoms with van der Waals surface area (Å²) in [6, 6.07) is 1.55. The largest absolute Gasteiger partial charge is 0.465 e. The Labute approximate surface area is 154 Å². The fourth-order valence-electron chi connectivity index (χ4n) is 4.51. The molecule has 0 radical (unpaired) electrons. The monoisotopic (exact) mass is 381 g/mol. The van der Waals surface area contributed by atoms with E-state index < -0.39 is 11.7 Å². The van der Waals surface area contributed by atoms with Gasteiger partial charge >= 0.3 is 6.18 Å². The third-order valence-corrected chi connectivity index (χ3v) is 5.95. The third kappa shape index (κ3) is 3.81. The van der Waals surface area contributed by atoms with Crippen LogP contribution in [-0.4, -0.2) is 47.3 Å². The quantitative estimate of drug-likeness (QED) is 0.770. The Morgan fingerprint density at radius 3 is 2.96 bits per heavy atom. The highest BCUT2D eigenvalue weighted by molar-refractivity contribution is 5.31. The number of halogens is 3. The van der Waals surface area contributed by atoms with Gasteiger partial charge in [-0.3, -0.25) is 9.78 Å². The van der Waals surface area contributed by atoms with Crippen LogP contribution in [-0.2, 0) is 0 Å². The zero-order valence-corrected chi connectivity index (χ0v) is 14.8. The number of aromatic amines is 1. The Hall–Kier alpha value is -2.09. The van der Waals surface area contributed by atoms with Crippen molar-refractivity contribution in [2.24, 2.45) is 17.3 Å². The lowest BCUT2D eigenvalue weighted by molar-refractivity contribution is -0.0888. The van der Waals surface area contributed by atoms with Gasteiger partial charge in [0.05, 0.1) is 12.2 Å². The summed E-state index contributed by atoms with van der Waals surface area (Å²) in [5.41, 5.74) is -0.617. The minimum Gasteiger partial charge on any atom is -0.465 e. The molecule has 5 nitrogen and oxygen atoms in total. The van der Waals surface area contributed by atoms with Gasteiger partial charge in [-0.1, -0.05) is 18.2 Å². The van der Waals surface area contributed by atoms with Crippen LogP contribution in [0.15, 0.2) is 40.9 Å². The van der Waals surface area contributed by atoms with E-state index in [0.717, 1.165) is 32.5 Å². The summed E-state index contributed by atoms with van der Waals surface area (Å²) in [7, 11) is 0. The third-order valence-electron chi connectivity index (χ3n) is 5.95. The van der Waals surface area contributed by atoms with Crippen LogP contribution in [0, 0.1) is 17.3 Å². The van der Waals surface area contributed by atoms with Crippen molar-refractivity contribution in [2.45, 2.75) is 25.4 Å². The fraction of sp³-hybridized carbons (Fsp3) is 0.579. The van der Waals surface area contributed by atoms with E-state index in [1.807, 2.05) is 0 Å². The average molecular weight is 381 g/mol. The van der Waals surface area contributed by atoms with Gasteiger partial charge in [0.15, 0.2) is 0 Å². The van der Waals surface area contributed by atoms with Crippen LogP contribution in [0.5, 0.6) is 6.01 Å². The van der Waals surface area contributed by atoms with E-state index in [-0.39, 0.29) is 22.9 Å². The molecule has 1 aliphatic heterocycles. The molecule has 0 spiro atoms. The van der Waals surface area contributed by atoms with Gasteiger partial charge in [0.25, 0.3) is 11.6 Å². The number of piperidine rings is 1. The summed E-state index contributed by atoms with van der Waals surface area (Å²) in [6.07, 6.45) is 3.92. The van der Waals surface area contributed by atoms with Crippen molar-refractivity contribution in [3.05, 3.63) is 46.4 Å². The molecule has 8 heteroatoms. The highest BCUT2D eigenvalue weighted by Crippen LogP contribution is 2.64. The van der Waals surface area contributed by atoms with Crippen molar-refractivity contribution < 1.29 is 17.9 Å². The molecular formula is C19H22F3N3O2. The maximum atomic E-state index is 12.8. The Morgan fingerprint density at radius 1 is 1.41 bits per heavy atom. The number of hydrogen-bond acceptors (Lipinski definition) is 4. The molecule has 1 N–H and O–H groups in total. The number of ether oxygens (including phenoxy) is 1. The van der Waals surface area contributed by atoms with E-state index in [9.17, 15) is 18.0 Å². The predicted molar refractivity (Wildman–Crippen MR) is 93.3 cm³/mol. The van der Waals surface area contributed by atoms with Crippen molar-refractivity contribution in [3.63, 3.8) is 0 Å². The van der Waals surface area contributed by atoms with Gasteiger partial charge in [0.2, 0.25) is 0 Å². The van der Waals surface area contributed by atoms with Crippen LogP contribution in [0.1, 0.15) is 19.3 Å². The second-order valence-corrected chi connectivity index (χ2v) is 7.67. The molecule has 1 saturated carbocycles. The van der Waals surface area contributed by atoms with Gasteiger partial charge in [-0.2, -0.15) is 13.2 Å². The molecule has 0 amide bonds. The molecule has 2 fully saturated rings. The molecule has 4 rings (SSSR count). The smallest absolute Gasteiger partial charge is 0.416 e. The number of fused-ring (bicyclic) bond motifs is 1. The predicted octanol–water partition coefficient (Wildman–Crippen LogP) is 2.93. The van der Waals surface area contributed by atoms with Crippen LogP contribution in [0.25, 0.3) is 0 Å². The molecule has 1 saturated heterocycles. The first kappa shape index (κ1) is 18.3. The number of H-pyrrole nitrogens is 1. The number of aromatic nitrogens is 2. The Bertz CT molecular complexity index is 817. The van der Waals surface area contributed by atoms with Gasteiger partial charge in [-0.15, -0.1) is 0 Å². The normalized spacial score (nSPS) is 30.1. The zero-order chi connectivity index (χ0) is 19.1. The van der Waals surface area contributed by atoms with Crippen LogP contribution < -0.4 is 10.3 Å². The summed E-state index contributed by atoms with van der Waals surface area (Å²) in [5, 5.41) is 0. The Balaban J connectivity index is 1.23. The molecule has 0 aromatic carbocycles. The van der Waals surface area contributed by atoms with Crippen molar-refractivity contribution in [3.8, 4) is 6.01 Å². The van der Waals surface area contributed by atoms with Gasteiger partial charge in [0.1, 0.15) is 0 Å². The number of nitrogens with zero attached hydrogens (tertiary/aromatic N) is 2. The minimum atomic E-state index is -4.25. The van der Waals surface area contributed by atoms with Crippen LogP contribution in [0.3, 0.4) is 0 Å². The van der Waals surface area contributed by atoms with Crippen LogP contribution in [0.4, 0.5) is 13.2 Å². The van der Waals surface area contributed by atoms with Gasteiger partial charge in [-0.05, 0) is 36.5 Å². The summed E-state index contributed by atoms with van der Waals surface area (Å²) in [5.74, 6) is 0.787. The first-order valence-electron chi connectivity index (χ1n) is 9.23. The fourth-order valence-corrected chi connectivity index (χ4v) is 4.51. The van der Waals surface area contributed by atoms with Crippen molar-refractivity contribution in [1.29, 1.82) is 0 Å². The highest BCUT2D eigenvalue weighted by atomic mass is 19.4. The number of hydrogen-bond donors (Lipinski definition) is 1. The molecule has 0 bridgehead atoms. The Morgan fingerprint density at radius 2 is 2.26 bits per heavy atom. The minimum absolute atomic E-state index is 0.150. The van der Waals surface area contributed by atoms with Crippen LogP contribution in [0.2, 0.25) is 0 Å². The van der Waals surface area contributed by atoms with E-state index in [1.54, 1.807) is 6.08 Å². The summed E-state index contributed by atoms with van der Waals surface area (Å²) in [4.78, 5) is 20.0. The van der Waals surface area contributed by atoms with E-state index in [1.165, 1.54) is 24.4 Å². The topological polar surface area (TPSA) is 58.2 Å². The number of alkyl halides is 3. The molecule has 27 heavy (non-hydrogen) atoms. The number of likely N-dealkylation sites (tertiary alicyclic amines) is 1. The summed E-state index contributed by atoms with van der Waals surface area (Å²) in [6.45, 7) is 3.26. The highest BCUT2D eigenvalue weighted by Gasteiger charge is 2.62. The maximum Gasteiger partial charge on any atom is 0.416 e. The lowest BCUT2D eigenvalue weighted by atomic mass is 9.82. The van der Waals surface area contributed by atoms with Crippen molar-refractivity contribution in [2.75, 3.05) is 26.2 Å². The van der Waals surface area contributed by atoms with Crippen molar-refractivity contribution >= 4 is 0 Å². The van der Waals surface area contributed by atoms with Gasteiger partial charge in [0, 0.05) is 31.9 Å². The first-order chi connectivity index (χ1) is 12.9. The SMILES string of the molecule is O=c1ccnc(OCCCN2C[C@@H]3C[C@]3(C3C=CC(C(F)(F)F)=CC3)C2)[nH]1. The molecular weight excluding hydrogens is 359 g/mol. The zero-order valence-electron chi connectivity index (χ0n) is 14.8. The standard InChI is InChI=1S/C19H22F3N3O2/c20-19(21,22)14-4-2-13(3-5-14)18-10-15(18)11-25(12-18)8-1-9-27-17-23-7-6-16(26)24-17/h2,4-7,13,15H,1,3,8-12H2,(H,23,24,26)/t13?,15-,18+/m0/s1. The Kier molecular flexibility index (Phi) is 4.61. The van der Waals surface area contributed by atoms with E-state index in [2.05, 4.69) is 14.9 Å². The number of rotatable bonds is 6. The van der Waals surface area contributed by atoms with E-state index in [4.69, 9.17) is 4.74 Å². The lowest BCUT2D eigenvalue weighted by Crippen LogP contribution is -2.30. The van der Waals surface area contributed by atoms with Crippen LogP contribution >= 0.6 is 0 Å². The molecule has 3 atom stereocenters. The molecule has 1 aromatic heterocycles.